The molecule has 0 bridgehead atoms. The number of anilines is 1. The summed E-state index contributed by atoms with van der Waals surface area (Å²) in [4.78, 5) is 33.6. The molecule has 0 fully saturated rings. The van der Waals surface area contributed by atoms with E-state index in [1.54, 1.807) is 19.9 Å². The first kappa shape index (κ1) is 14.9. The molecule has 1 aromatic rings. The van der Waals surface area contributed by atoms with Crippen molar-refractivity contribution < 1.29 is 24.2 Å². The molecule has 1 amide bonds. The average Bonchev–Trinajstić information content (AvgIpc) is 2.68. The fraction of sp³-hybridized carbons (Fsp3) is 0.250. The number of rotatable bonds is 5. The molecule has 0 spiro atoms. The fourth-order valence-corrected chi connectivity index (χ4v) is 2.22. The Morgan fingerprint density at radius 2 is 2.11 bits per heavy atom. The Kier molecular flexibility index (Phi) is 5.25. The molecule has 2 N–H and O–H groups in total. The maximum atomic E-state index is 11.6. The van der Waals surface area contributed by atoms with Gasteiger partial charge in [0.1, 0.15) is 4.88 Å². The second-order valence-electron chi connectivity index (χ2n) is 3.50. The molecule has 0 aliphatic heterocycles. The summed E-state index contributed by atoms with van der Waals surface area (Å²) < 4.78 is 4.87. The number of carboxylic acid groups (broad SMARTS) is 1. The second-order valence-corrected chi connectivity index (χ2v) is 4.56. The lowest BCUT2D eigenvalue weighted by Gasteiger charge is -1.99. The summed E-state index contributed by atoms with van der Waals surface area (Å²) in [5.74, 6) is -2.21. The molecule has 0 unspecified atom stereocenters. The predicted molar refractivity (Wildman–Crippen MR) is 70.4 cm³/mol. The lowest BCUT2D eigenvalue weighted by molar-refractivity contribution is -0.131. The van der Waals surface area contributed by atoms with Crippen LogP contribution in [0.4, 0.5) is 5.00 Å². The number of hydrogen-bond acceptors (Lipinski definition) is 5. The van der Waals surface area contributed by atoms with Crippen molar-refractivity contribution >= 4 is 34.2 Å². The predicted octanol–water partition coefficient (Wildman–Crippen LogP) is 1.81. The fourth-order valence-electron chi connectivity index (χ4n) is 1.25. The van der Waals surface area contributed by atoms with Crippen molar-refractivity contribution in [2.75, 3.05) is 11.9 Å². The first-order valence-corrected chi connectivity index (χ1v) is 6.25. The monoisotopic (exact) mass is 283 g/mol. The number of nitrogens with one attached hydrogen (secondary N) is 1. The van der Waals surface area contributed by atoms with Crippen LogP contribution in [0.3, 0.4) is 0 Å². The van der Waals surface area contributed by atoms with E-state index in [0.717, 1.165) is 23.5 Å². The van der Waals surface area contributed by atoms with E-state index in [1.165, 1.54) is 0 Å². The van der Waals surface area contributed by atoms with Gasteiger partial charge >= 0.3 is 11.9 Å². The molecule has 0 atom stereocenters. The number of aryl methyl sites for hydroxylation is 1. The SMILES string of the molecule is CCOC(=O)c1sc(NC(=O)C=CC(=O)O)cc1C. The van der Waals surface area contributed by atoms with Gasteiger partial charge in [-0.3, -0.25) is 4.79 Å². The summed E-state index contributed by atoms with van der Waals surface area (Å²) in [6.07, 6.45) is 1.64. The highest BCUT2D eigenvalue weighted by Crippen LogP contribution is 2.27. The second kappa shape index (κ2) is 6.69. The van der Waals surface area contributed by atoms with Gasteiger partial charge in [-0.15, -0.1) is 11.3 Å². The number of esters is 1. The standard InChI is InChI=1S/C12H13NO5S/c1-3-18-12(17)11-7(2)6-9(19-11)13-8(14)4-5-10(15)16/h4-6H,3H2,1-2H3,(H,13,14)(H,15,16). The van der Waals surface area contributed by atoms with Crippen LogP contribution >= 0.6 is 11.3 Å². The van der Waals surface area contributed by atoms with E-state index in [-0.39, 0.29) is 6.61 Å². The van der Waals surface area contributed by atoms with Crippen molar-refractivity contribution in [3.8, 4) is 0 Å². The van der Waals surface area contributed by atoms with E-state index < -0.39 is 17.8 Å². The van der Waals surface area contributed by atoms with Crippen LogP contribution in [0.25, 0.3) is 0 Å². The molecule has 1 rings (SSSR count). The lowest BCUT2D eigenvalue weighted by Crippen LogP contribution is -2.07. The first-order chi connectivity index (χ1) is 8.93. The van der Waals surface area contributed by atoms with Gasteiger partial charge in [0, 0.05) is 12.2 Å². The maximum absolute atomic E-state index is 11.6. The van der Waals surface area contributed by atoms with Crippen LogP contribution in [0, 0.1) is 6.92 Å². The van der Waals surface area contributed by atoms with Gasteiger partial charge in [-0.05, 0) is 25.5 Å². The minimum atomic E-state index is -1.20. The van der Waals surface area contributed by atoms with Gasteiger partial charge in [-0.1, -0.05) is 0 Å². The largest absolute Gasteiger partial charge is 0.478 e. The number of carbonyl (C=O) groups excluding carboxylic acids is 2. The molecule has 1 heterocycles. The van der Waals surface area contributed by atoms with Crippen LogP contribution in [0.1, 0.15) is 22.2 Å². The van der Waals surface area contributed by atoms with Gasteiger partial charge in [0.25, 0.3) is 0 Å². The summed E-state index contributed by atoms with van der Waals surface area (Å²) in [5.41, 5.74) is 0.695. The number of amides is 1. The third-order valence-electron chi connectivity index (χ3n) is 2.00. The first-order valence-electron chi connectivity index (χ1n) is 5.43. The molecule has 7 heteroatoms. The minimum absolute atomic E-state index is 0.277. The van der Waals surface area contributed by atoms with Crippen LogP contribution in [0.2, 0.25) is 0 Å². The molecule has 0 saturated heterocycles. The molecule has 102 valence electrons. The zero-order valence-corrected chi connectivity index (χ0v) is 11.2. The number of hydrogen-bond donors (Lipinski definition) is 2. The van der Waals surface area contributed by atoms with Crippen LogP contribution in [-0.2, 0) is 14.3 Å². The summed E-state index contributed by atoms with van der Waals surface area (Å²) in [5, 5.41) is 11.3. The Hall–Kier alpha value is -2.15. The normalized spacial score (nSPS) is 10.4. The van der Waals surface area contributed by atoms with E-state index in [2.05, 4.69) is 5.32 Å². The highest BCUT2D eigenvalue weighted by atomic mass is 32.1. The van der Waals surface area contributed by atoms with Crippen LogP contribution in [-0.4, -0.2) is 29.6 Å². The lowest BCUT2D eigenvalue weighted by atomic mass is 10.3. The van der Waals surface area contributed by atoms with E-state index in [1.807, 2.05) is 0 Å². The third kappa shape index (κ3) is 4.55. The molecule has 0 aromatic carbocycles. The Morgan fingerprint density at radius 3 is 2.68 bits per heavy atom. The molecule has 0 radical (unpaired) electrons. The Morgan fingerprint density at radius 1 is 1.42 bits per heavy atom. The van der Waals surface area contributed by atoms with Gasteiger partial charge in [-0.25, -0.2) is 9.59 Å². The van der Waals surface area contributed by atoms with Gasteiger partial charge in [0.05, 0.1) is 11.6 Å². The molecule has 1 aromatic heterocycles. The summed E-state index contributed by atoms with van der Waals surface area (Å²) in [6.45, 7) is 3.71. The Balaban J connectivity index is 2.76. The van der Waals surface area contributed by atoms with Crippen molar-refractivity contribution in [3.05, 3.63) is 28.7 Å². The third-order valence-corrected chi connectivity index (χ3v) is 3.13. The van der Waals surface area contributed by atoms with Crippen LogP contribution < -0.4 is 5.32 Å². The maximum Gasteiger partial charge on any atom is 0.348 e. The van der Waals surface area contributed by atoms with Gasteiger partial charge < -0.3 is 15.2 Å². The van der Waals surface area contributed by atoms with Crippen LogP contribution in [0.5, 0.6) is 0 Å². The number of carboxylic acids is 1. The number of carbonyl (C=O) groups is 3. The minimum Gasteiger partial charge on any atom is -0.478 e. The van der Waals surface area contributed by atoms with E-state index >= 15 is 0 Å². The van der Waals surface area contributed by atoms with E-state index in [4.69, 9.17) is 9.84 Å². The Labute approximate surface area is 113 Å². The summed E-state index contributed by atoms with van der Waals surface area (Å²) in [6, 6.07) is 1.63. The zero-order chi connectivity index (χ0) is 14.4. The van der Waals surface area contributed by atoms with Crippen molar-refractivity contribution in [2.24, 2.45) is 0 Å². The van der Waals surface area contributed by atoms with Gasteiger partial charge in [-0.2, -0.15) is 0 Å². The average molecular weight is 283 g/mol. The van der Waals surface area contributed by atoms with Crippen LogP contribution in [0.15, 0.2) is 18.2 Å². The number of ether oxygens (including phenoxy) is 1. The highest BCUT2D eigenvalue weighted by Gasteiger charge is 2.15. The summed E-state index contributed by atoms with van der Waals surface area (Å²) in [7, 11) is 0. The van der Waals surface area contributed by atoms with Crippen molar-refractivity contribution in [2.45, 2.75) is 13.8 Å². The van der Waals surface area contributed by atoms with E-state index in [0.29, 0.717) is 15.4 Å². The topological polar surface area (TPSA) is 92.7 Å². The quantitative estimate of drug-likeness (QED) is 0.635. The Bertz CT molecular complexity index is 532. The number of aliphatic carboxylic acids is 1. The van der Waals surface area contributed by atoms with Crippen molar-refractivity contribution in [1.82, 2.24) is 0 Å². The molecular formula is C12H13NO5S. The molecule has 0 aliphatic carbocycles. The highest BCUT2D eigenvalue weighted by molar-refractivity contribution is 7.18. The van der Waals surface area contributed by atoms with E-state index in [9.17, 15) is 14.4 Å². The van der Waals surface area contributed by atoms with Crippen molar-refractivity contribution in [1.29, 1.82) is 0 Å². The molecule has 0 saturated carbocycles. The molecule has 6 nitrogen and oxygen atoms in total. The van der Waals surface area contributed by atoms with Gasteiger partial charge in [0.15, 0.2) is 0 Å². The smallest absolute Gasteiger partial charge is 0.348 e. The number of thiophene rings is 1. The molecule has 19 heavy (non-hydrogen) atoms. The molecule has 0 aliphatic rings. The van der Waals surface area contributed by atoms with Gasteiger partial charge in [0.2, 0.25) is 5.91 Å². The molecular weight excluding hydrogens is 270 g/mol. The van der Waals surface area contributed by atoms with Crippen molar-refractivity contribution in [3.63, 3.8) is 0 Å². The zero-order valence-electron chi connectivity index (χ0n) is 10.4. The summed E-state index contributed by atoms with van der Waals surface area (Å²) >= 11 is 1.08.